The molecular weight excluding hydrogens is 176 g/mol. The van der Waals surface area contributed by atoms with Crippen LogP contribution in [-0.2, 0) is 0 Å². The minimum Gasteiger partial charge on any atom is -0.394 e. The third-order valence-electron chi connectivity index (χ3n) is 1.86. The monoisotopic (exact) mass is 202 g/mol. The second-order valence-electron chi connectivity index (χ2n) is 3.29. The predicted molar refractivity (Wildman–Crippen MR) is 62.4 cm³/mol. The highest BCUT2D eigenvalue weighted by Crippen LogP contribution is 2.06. The second kappa shape index (κ2) is 18.4. The van der Waals surface area contributed by atoms with Crippen LogP contribution in [0.25, 0.3) is 0 Å². The molecule has 2 nitrogen and oxygen atoms in total. The molecule has 0 aromatic carbocycles. The molecule has 14 heavy (non-hydrogen) atoms. The van der Waals surface area contributed by atoms with Gasteiger partial charge in [0.05, 0.1) is 13.2 Å². The lowest BCUT2D eigenvalue weighted by atomic mass is 10.1. The molecule has 0 aromatic heterocycles. The van der Waals surface area contributed by atoms with E-state index in [1.165, 1.54) is 44.9 Å². The van der Waals surface area contributed by atoms with Gasteiger partial charge in [0.25, 0.3) is 0 Å². The number of unbranched alkanes of at least 4 members (excludes halogenated alkanes) is 6. The smallest absolute Gasteiger partial charge is 0.0662 e. The molecule has 0 amide bonds. The molecule has 0 heterocycles. The maximum Gasteiger partial charge on any atom is 0.0662 e. The summed E-state index contributed by atoms with van der Waals surface area (Å²) >= 11 is 0. The van der Waals surface area contributed by atoms with Crippen LogP contribution >= 0.6 is 0 Å². The summed E-state index contributed by atoms with van der Waals surface area (Å²) < 4.78 is 0. The van der Waals surface area contributed by atoms with E-state index in [-0.39, 0.29) is 13.2 Å². The second-order valence-corrected chi connectivity index (χ2v) is 3.29. The first-order valence-corrected chi connectivity index (χ1v) is 5.66. The molecule has 0 unspecified atom stereocenters. The molecule has 0 saturated heterocycles. The lowest BCUT2D eigenvalue weighted by Crippen LogP contribution is -1.85. The molecule has 0 atom stereocenters. The Bertz CT molecular complexity index is 90.3. The van der Waals surface area contributed by atoms with Crippen molar-refractivity contribution in [2.24, 2.45) is 0 Å². The average Bonchev–Trinajstić information content (AvgIpc) is 2.24. The Kier molecular flexibility index (Phi) is 21.2. The standard InChI is InChI=1S/C10H20.C2H6O2/c1-3-5-7-9-10-8-6-4-2;3-1-2-4/h3H,1,4-10H2,2H3;3-4H,1-2H2. The number of rotatable bonds is 8. The van der Waals surface area contributed by atoms with Gasteiger partial charge in [-0.1, -0.05) is 45.1 Å². The van der Waals surface area contributed by atoms with Gasteiger partial charge >= 0.3 is 0 Å². The molecule has 0 radical (unpaired) electrons. The summed E-state index contributed by atoms with van der Waals surface area (Å²) in [5.41, 5.74) is 0. The van der Waals surface area contributed by atoms with Gasteiger partial charge in [-0.25, -0.2) is 0 Å². The first kappa shape index (κ1) is 16.1. The predicted octanol–water partition coefficient (Wildman–Crippen LogP) is 2.89. The molecule has 0 aromatic rings. The van der Waals surface area contributed by atoms with Gasteiger partial charge in [-0.2, -0.15) is 0 Å². The molecule has 0 rings (SSSR count). The fourth-order valence-corrected chi connectivity index (χ4v) is 1.07. The van der Waals surface area contributed by atoms with Crippen LogP contribution in [0, 0.1) is 0 Å². The molecule has 2 N–H and O–H groups in total. The SMILES string of the molecule is C=CCCCCCCCC.OCCO. The molecule has 0 saturated carbocycles. The maximum atomic E-state index is 7.62. The average molecular weight is 202 g/mol. The Labute approximate surface area is 88.7 Å². The molecule has 0 aliphatic rings. The Hall–Kier alpha value is -0.340. The van der Waals surface area contributed by atoms with E-state index in [0.717, 1.165) is 0 Å². The van der Waals surface area contributed by atoms with Crippen LogP contribution in [0.3, 0.4) is 0 Å². The van der Waals surface area contributed by atoms with Gasteiger partial charge < -0.3 is 10.2 Å². The van der Waals surface area contributed by atoms with Crippen molar-refractivity contribution in [3.05, 3.63) is 12.7 Å². The van der Waals surface area contributed by atoms with Crippen LogP contribution in [0.4, 0.5) is 0 Å². The molecule has 0 fully saturated rings. The molecule has 2 heteroatoms. The van der Waals surface area contributed by atoms with Crippen molar-refractivity contribution >= 4 is 0 Å². The van der Waals surface area contributed by atoms with E-state index in [9.17, 15) is 0 Å². The summed E-state index contributed by atoms with van der Waals surface area (Å²) in [4.78, 5) is 0. The Morgan fingerprint density at radius 1 is 0.929 bits per heavy atom. The van der Waals surface area contributed by atoms with Crippen LogP contribution in [0.5, 0.6) is 0 Å². The summed E-state index contributed by atoms with van der Waals surface area (Å²) in [6.45, 7) is 5.70. The molecule has 0 spiro atoms. The van der Waals surface area contributed by atoms with Crippen LogP contribution < -0.4 is 0 Å². The zero-order valence-corrected chi connectivity index (χ0v) is 9.54. The van der Waals surface area contributed by atoms with Gasteiger partial charge in [-0.05, 0) is 12.8 Å². The third kappa shape index (κ3) is 22.6. The number of hydrogen-bond donors (Lipinski definition) is 2. The molecular formula is C12H26O2. The summed E-state index contributed by atoms with van der Waals surface area (Å²) in [6.07, 6.45) is 11.6. The van der Waals surface area contributed by atoms with E-state index in [1.54, 1.807) is 0 Å². The van der Waals surface area contributed by atoms with Crippen molar-refractivity contribution in [2.75, 3.05) is 13.2 Å². The lowest BCUT2D eigenvalue weighted by Gasteiger charge is -1.96. The largest absolute Gasteiger partial charge is 0.394 e. The number of aliphatic hydroxyl groups is 2. The van der Waals surface area contributed by atoms with Gasteiger partial charge in [0.2, 0.25) is 0 Å². The Balaban J connectivity index is 0. The quantitative estimate of drug-likeness (QED) is 0.469. The van der Waals surface area contributed by atoms with Crippen molar-refractivity contribution in [1.82, 2.24) is 0 Å². The van der Waals surface area contributed by atoms with E-state index in [4.69, 9.17) is 10.2 Å². The van der Waals surface area contributed by atoms with Crippen LogP contribution in [0.2, 0.25) is 0 Å². The highest BCUT2D eigenvalue weighted by molar-refractivity contribution is 4.65. The summed E-state index contributed by atoms with van der Waals surface area (Å²) in [5.74, 6) is 0. The highest BCUT2D eigenvalue weighted by atomic mass is 16.3. The van der Waals surface area contributed by atoms with Crippen molar-refractivity contribution in [3.8, 4) is 0 Å². The molecule has 0 bridgehead atoms. The fourth-order valence-electron chi connectivity index (χ4n) is 1.07. The highest BCUT2D eigenvalue weighted by Gasteiger charge is 1.86. The van der Waals surface area contributed by atoms with Crippen molar-refractivity contribution in [1.29, 1.82) is 0 Å². The zero-order chi connectivity index (χ0) is 11.1. The van der Waals surface area contributed by atoms with E-state index >= 15 is 0 Å². The Morgan fingerprint density at radius 2 is 1.43 bits per heavy atom. The van der Waals surface area contributed by atoms with Crippen molar-refractivity contribution in [2.45, 2.75) is 51.9 Å². The zero-order valence-electron chi connectivity index (χ0n) is 9.54. The van der Waals surface area contributed by atoms with Crippen molar-refractivity contribution < 1.29 is 10.2 Å². The summed E-state index contributed by atoms with van der Waals surface area (Å²) in [6, 6.07) is 0. The first-order chi connectivity index (χ1) is 6.83. The molecule has 0 aliphatic carbocycles. The van der Waals surface area contributed by atoms with Gasteiger partial charge in [0, 0.05) is 0 Å². The minimum atomic E-state index is -0.125. The summed E-state index contributed by atoms with van der Waals surface area (Å²) in [7, 11) is 0. The van der Waals surface area contributed by atoms with Crippen molar-refractivity contribution in [3.63, 3.8) is 0 Å². The van der Waals surface area contributed by atoms with Gasteiger partial charge in [-0.15, -0.1) is 6.58 Å². The fraction of sp³-hybridized carbons (Fsp3) is 0.833. The topological polar surface area (TPSA) is 40.5 Å². The van der Waals surface area contributed by atoms with Gasteiger partial charge in [-0.3, -0.25) is 0 Å². The minimum absolute atomic E-state index is 0.125. The van der Waals surface area contributed by atoms with Crippen LogP contribution in [0.15, 0.2) is 12.7 Å². The molecule has 0 aliphatic heterocycles. The lowest BCUT2D eigenvalue weighted by molar-refractivity contribution is 0.186. The number of allylic oxidation sites excluding steroid dienone is 1. The van der Waals surface area contributed by atoms with E-state index in [0.29, 0.717) is 0 Å². The normalized spacial score (nSPS) is 9.07. The summed E-state index contributed by atoms with van der Waals surface area (Å²) in [5, 5.41) is 15.2. The van der Waals surface area contributed by atoms with Gasteiger partial charge in [0.15, 0.2) is 0 Å². The maximum absolute atomic E-state index is 7.62. The molecule has 86 valence electrons. The third-order valence-corrected chi connectivity index (χ3v) is 1.86. The van der Waals surface area contributed by atoms with E-state index in [1.807, 2.05) is 6.08 Å². The first-order valence-electron chi connectivity index (χ1n) is 5.66. The number of aliphatic hydroxyl groups excluding tert-OH is 2. The van der Waals surface area contributed by atoms with Gasteiger partial charge in [0.1, 0.15) is 0 Å². The van der Waals surface area contributed by atoms with Crippen LogP contribution in [0.1, 0.15) is 51.9 Å². The van der Waals surface area contributed by atoms with E-state index < -0.39 is 0 Å². The Morgan fingerprint density at radius 3 is 1.86 bits per heavy atom. The number of hydrogen-bond acceptors (Lipinski definition) is 2. The van der Waals surface area contributed by atoms with E-state index in [2.05, 4.69) is 13.5 Å². The van der Waals surface area contributed by atoms with Crippen LogP contribution in [-0.4, -0.2) is 23.4 Å².